The lowest BCUT2D eigenvalue weighted by atomic mass is 10.2. The molecule has 0 saturated heterocycles. The summed E-state index contributed by atoms with van der Waals surface area (Å²) in [6, 6.07) is 0. The average molecular weight is 201 g/mol. The highest BCUT2D eigenvalue weighted by Crippen LogP contribution is 2.28. The zero-order valence-electron chi connectivity index (χ0n) is 6.99. The highest BCUT2D eigenvalue weighted by atomic mass is 19.4. The van der Waals surface area contributed by atoms with Crippen molar-refractivity contribution >= 4 is 6.08 Å². The van der Waals surface area contributed by atoms with Crippen LogP contribution in [0.15, 0.2) is 24.1 Å². The molecule has 6 heteroatoms. The third-order valence-corrected chi connectivity index (χ3v) is 1.89. The number of hydrogen-bond acceptors (Lipinski definition) is 2. The molecule has 0 amide bonds. The Balaban J connectivity index is 2.34. The Labute approximate surface area is 77.6 Å². The maximum absolute atomic E-state index is 12.3. The third-order valence-electron chi connectivity index (χ3n) is 1.89. The van der Waals surface area contributed by atoms with Crippen LogP contribution in [-0.4, -0.2) is 20.9 Å². The lowest BCUT2D eigenvalue weighted by Gasteiger charge is -2.05. The molecule has 1 aliphatic rings. The minimum atomic E-state index is -4.30. The van der Waals surface area contributed by atoms with Crippen LogP contribution in [0.2, 0.25) is 0 Å². The molecule has 74 valence electrons. The van der Waals surface area contributed by atoms with Gasteiger partial charge in [-0.2, -0.15) is 13.2 Å². The fourth-order valence-electron chi connectivity index (χ4n) is 1.17. The molecule has 0 spiro atoms. The van der Waals surface area contributed by atoms with Gasteiger partial charge in [0.25, 0.3) is 0 Å². The number of fused-ring (bicyclic) bond motifs is 1. The number of rotatable bonds is 0. The predicted molar refractivity (Wildman–Crippen MR) is 43.2 cm³/mol. The van der Waals surface area contributed by atoms with Crippen LogP contribution in [0, 0.1) is 0 Å². The minimum absolute atomic E-state index is 0.143. The van der Waals surface area contributed by atoms with Crippen molar-refractivity contribution in [2.24, 2.45) is 0 Å². The molecule has 3 nitrogen and oxygen atoms in total. The first-order valence-electron chi connectivity index (χ1n) is 3.90. The zero-order chi connectivity index (χ0) is 10.2. The molecule has 0 N–H and O–H groups in total. The van der Waals surface area contributed by atoms with Crippen LogP contribution in [0.5, 0.6) is 0 Å². The van der Waals surface area contributed by atoms with Crippen molar-refractivity contribution in [3.05, 3.63) is 29.9 Å². The molecule has 0 aromatic carbocycles. The van der Waals surface area contributed by atoms with Crippen molar-refractivity contribution in [1.82, 2.24) is 14.8 Å². The summed E-state index contributed by atoms with van der Waals surface area (Å²) < 4.78 is 38.4. The number of hydrogen-bond donors (Lipinski definition) is 0. The fraction of sp³-hybridized carbons (Fsp3) is 0.250. The average Bonchev–Trinajstić information content (AvgIpc) is 2.42. The maximum Gasteiger partial charge on any atom is 0.416 e. The van der Waals surface area contributed by atoms with Gasteiger partial charge in [-0.15, -0.1) is 10.2 Å². The highest BCUT2D eigenvalue weighted by Gasteiger charge is 2.32. The molecule has 1 aromatic heterocycles. The second-order valence-electron chi connectivity index (χ2n) is 2.83. The first kappa shape index (κ1) is 8.98. The van der Waals surface area contributed by atoms with Gasteiger partial charge in [-0.3, -0.25) is 0 Å². The number of alkyl halides is 3. The van der Waals surface area contributed by atoms with Crippen LogP contribution >= 0.6 is 0 Å². The standard InChI is InChI=1S/C8H6F3N3/c9-8(10,11)6-1-2-7-13-12-5-14(7)4-3-6/h1-3,5H,4H2. The van der Waals surface area contributed by atoms with Crippen molar-refractivity contribution in [1.29, 1.82) is 0 Å². The summed E-state index contributed by atoms with van der Waals surface area (Å²) in [7, 11) is 0. The van der Waals surface area contributed by atoms with E-state index in [-0.39, 0.29) is 6.54 Å². The molecule has 1 aliphatic heterocycles. The van der Waals surface area contributed by atoms with Gasteiger partial charge in [0, 0.05) is 6.54 Å². The lowest BCUT2D eigenvalue weighted by Crippen LogP contribution is -2.10. The Morgan fingerprint density at radius 2 is 2.07 bits per heavy atom. The molecule has 0 aliphatic carbocycles. The molecule has 2 rings (SSSR count). The number of halogens is 3. The van der Waals surface area contributed by atoms with Crippen LogP contribution in [0.1, 0.15) is 5.82 Å². The fourth-order valence-corrected chi connectivity index (χ4v) is 1.17. The van der Waals surface area contributed by atoms with Crippen molar-refractivity contribution in [2.75, 3.05) is 0 Å². The molecule has 0 fully saturated rings. The number of nitrogens with zero attached hydrogens (tertiary/aromatic N) is 3. The molecular formula is C8H6F3N3. The predicted octanol–water partition coefficient (Wildman–Crippen LogP) is 1.79. The molecular weight excluding hydrogens is 195 g/mol. The van der Waals surface area contributed by atoms with E-state index in [1.807, 2.05) is 0 Å². The van der Waals surface area contributed by atoms with E-state index in [9.17, 15) is 13.2 Å². The molecule has 1 aromatic rings. The summed E-state index contributed by atoms with van der Waals surface area (Å²) in [6.45, 7) is 0.143. The molecule has 0 atom stereocenters. The Morgan fingerprint density at radius 3 is 2.79 bits per heavy atom. The van der Waals surface area contributed by atoms with Gasteiger partial charge < -0.3 is 4.57 Å². The van der Waals surface area contributed by atoms with E-state index >= 15 is 0 Å². The molecule has 14 heavy (non-hydrogen) atoms. The van der Waals surface area contributed by atoms with Crippen molar-refractivity contribution in [3.63, 3.8) is 0 Å². The van der Waals surface area contributed by atoms with E-state index in [4.69, 9.17) is 0 Å². The molecule has 0 unspecified atom stereocenters. The van der Waals surface area contributed by atoms with Gasteiger partial charge in [-0.1, -0.05) is 6.08 Å². The second kappa shape index (κ2) is 2.97. The van der Waals surface area contributed by atoms with E-state index in [1.165, 1.54) is 17.0 Å². The van der Waals surface area contributed by atoms with Crippen molar-refractivity contribution < 1.29 is 13.2 Å². The number of allylic oxidation sites excluding steroid dienone is 3. The number of aromatic nitrogens is 3. The van der Waals surface area contributed by atoms with Crippen LogP contribution in [0.3, 0.4) is 0 Å². The third kappa shape index (κ3) is 1.55. The summed E-state index contributed by atoms with van der Waals surface area (Å²) in [5.74, 6) is 0.431. The Kier molecular flexibility index (Phi) is 1.90. The van der Waals surface area contributed by atoms with Crippen LogP contribution in [-0.2, 0) is 6.54 Å². The second-order valence-corrected chi connectivity index (χ2v) is 2.83. The van der Waals surface area contributed by atoms with Gasteiger partial charge in [0.05, 0.1) is 5.57 Å². The Bertz CT molecular complexity index is 400. The monoisotopic (exact) mass is 201 g/mol. The SMILES string of the molecule is FC(F)(F)C1=CCn2cnnc2C=C1. The van der Waals surface area contributed by atoms with E-state index in [2.05, 4.69) is 10.2 Å². The minimum Gasteiger partial charge on any atom is -0.310 e. The van der Waals surface area contributed by atoms with Crippen molar-refractivity contribution in [3.8, 4) is 0 Å². The van der Waals surface area contributed by atoms with Crippen LogP contribution in [0.25, 0.3) is 6.08 Å². The van der Waals surface area contributed by atoms with Gasteiger partial charge >= 0.3 is 6.18 Å². The molecule has 0 saturated carbocycles. The first-order chi connectivity index (χ1) is 6.57. The van der Waals surface area contributed by atoms with E-state index in [0.717, 1.165) is 12.2 Å². The van der Waals surface area contributed by atoms with E-state index in [0.29, 0.717) is 5.82 Å². The Hall–Kier alpha value is -1.59. The van der Waals surface area contributed by atoms with E-state index in [1.54, 1.807) is 0 Å². The zero-order valence-corrected chi connectivity index (χ0v) is 6.99. The largest absolute Gasteiger partial charge is 0.416 e. The van der Waals surface area contributed by atoms with Crippen molar-refractivity contribution in [2.45, 2.75) is 12.7 Å². The van der Waals surface area contributed by atoms with Gasteiger partial charge in [0.1, 0.15) is 6.33 Å². The van der Waals surface area contributed by atoms with Gasteiger partial charge in [-0.25, -0.2) is 0 Å². The van der Waals surface area contributed by atoms with Gasteiger partial charge in [0.2, 0.25) is 0 Å². The summed E-state index contributed by atoms with van der Waals surface area (Å²) in [5, 5.41) is 7.24. The molecule has 0 radical (unpaired) electrons. The summed E-state index contributed by atoms with van der Waals surface area (Å²) >= 11 is 0. The lowest BCUT2D eigenvalue weighted by molar-refractivity contribution is -0.0883. The quantitative estimate of drug-likeness (QED) is 0.640. The molecule has 0 bridgehead atoms. The smallest absolute Gasteiger partial charge is 0.310 e. The van der Waals surface area contributed by atoms with Crippen LogP contribution < -0.4 is 0 Å². The summed E-state index contributed by atoms with van der Waals surface area (Å²) in [4.78, 5) is 0. The first-order valence-corrected chi connectivity index (χ1v) is 3.90. The summed E-state index contributed by atoms with van der Waals surface area (Å²) in [5.41, 5.74) is -0.650. The highest BCUT2D eigenvalue weighted by molar-refractivity contribution is 5.48. The maximum atomic E-state index is 12.3. The topological polar surface area (TPSA) is 30.7 Å². The Morgan fingerprint density at radius 1 is 1.29 bits per heavy atom. The van der Waals surface area contributed by atoms with Gasteiger partial charge in [-0.05, 0) is 12.2 Å². The normalized spacial score (nSPS) is 16.1. The van der Waals surface area contributed by atoms with E-state index < -0.39 is 11.7 Å². The van der Waals surface area contributed by atoms with Crippen LogP contribution in [0.4, 0.5) is 13.2 Å². The van der Waals surface area contributed by atoms with Gasteiger partial charge in [0.15, 0.2) is 5.82 Å². The summed E-state index contributed by atoms with van der Waals surface area (Å²) in [6.07, 6.45) is 0.520. The molecule has 2 heterocycles.